The van der Waals surface area contributed by atoms with Crippen LogP contribution in [-0.4, -0.2) is 23.9 Å². The van der Waals surface area contributed by atoms with Crippen LogP contribution in [0.4, 0.5) is 11.4 Å². The lowest BCUT2D eigenvalue weighted by Gasteiger charge is -2.29. The van der Waals surface area contributed by atoms with Gasteiger partial charge in [0.2, 0.25) is 0 Å². The van der Waals surface area contributed by atoms with Crippen LogP contribution in [0.15, 0.2) is 60.7 Å². The molecule has 6 heteroatoms. The van der Waals surface area contributed by atoms with E-state index in [1.54, 1.807) is 18.2 Å². The van der Waals surface area contributed by atoms with Crippen molar-refractivity contribution in [2.75, 3.05) is 24.1 Å². The second kappa shape index (κ2) is 9.09. The number of hydrogen-bond acceptors (Lipinski definition) is 3. The zero-order chi connectivity index (χ0) is 21.1. The Hall–Kier alpha value is -2.53. The van der Waals surface area contributed by atoms with Gasteiger partial charge in [-0.2, -0.15) is 0 Å². The number of carbonyl (C=O) groups excluding carboxylic acids is 1. The number of fused-ring (bicyclic) bond motifs is 1. The molecule has 3 aromatic carbocycles. The lowest BCUT2D eigenvalue weighted by molar-refractivity contribution is 0.102. The molecule has 1 aliphatic heterocycles. The van der Waals surface area contributed by atoms with Crippen LogP contribution in [0.5, 0.6) is 0 Å². The zero-order valence-corrected chi connectivity index (χ0v) is 18.0. The van der Waals surface area contributed by atoms with Gasteiger partial charge in [-0.05, 0) is 59.9 Å². The van der Waals surface area contributed by atoms with Gasteiger partial charge in [-0.25, -0.2) is 0 Å². The van der Waals surface area contributed by atoms with Gasteiger partial charge in [-0.15, -0.1) is 0 Å². The molecular formula is C24H23Cl2N3O. The highest BCUT2D eigenvalue weighted by Crippen LogP contribution is 2.32. The van der Waals surface area contributed by atoms with E-state index in [1.807, 2.05) is 36.4 Å². The van der Waals surface area contributed by atoms with Gasteiger partial charge >= 0.3 is 0 Å². The average Bonchev–Trinajstić information content (AvgIpc) is 2.76. The predicted octanol–water partition coefficient (Wildman–Crippen LogP) is 5.43. The smallest absolute Gasteiger partial charge is 0.257 e. The zero-order valence-electron chi connectivity index (χ0n) is 16.5. The number of nitrogens with zero attached hydrogens (tertiary/aromatic N) is 1. The summed E-state index contributed by atoms with van der Waals surface area (Å²) in [6, 6.07) is 19.0. The lowest BCUT2D eigenvalue weighted by Crippen LogP contribution is -2.32. The highest BCUT2D eigenvalue weighted by molar-refractivity contribution is 6.42. The Balaban J connectivity index is 1.34. The van der Waals surface area contributed by atoms with Gasteiger partial charge in [-0.3, -0.25) is 9.69 Å². The van der Waals surface area contributed by atoms with Crippen molar-refractivity contribution in [1.29, 1.82) is 0 Å². The van der Waals surface area contributed by atoms with Gasteiger partial charge in [-0.1, -0.05) is 53.5 Å². The van der Waals surface area contributed by atoms with Crippen molar-refractivity contribution < 1.29 is 4.79 Å². The summed E-state index contributed by atoms with van der Waals surface area (Å²) in [5.74, 6) is -0.205. The summed E-state index contributed by atoms with van der Waals surface area (Å²) >= 11 is 12.6. The molecular weight excluding hydrogens is 417 g/mol. The molecule has 0 saturated carbocycles. The van der Waals surface area contributed by atoms with Crippen molar-refractivity contribution in [3.8, 4) is 0 Å². The maximum Gasteiger partial charge on any atom is 0.257 e. The van der Waals surface area contributed by atoms with E-state index in [1.165, 1.54) is 11.1 Å². The third-order valence-electron chi connectivity index (χ3n) is 5.51. The maximum absolute atomic E-state index is 12.4. The number of nitrogen functional groups attached to an aromatic ring is 1. The molecule has 3 aromatic rings. The number of amides is 1. The standard InChI is InChI=1S/C24H23Cl2N3O/c25-21-10-7-17-12-14-29(15-20(17)23(21)26)13-11-16-5-8-18(9-6-16)28-24(30)19-3-1-2-4-22(19)27/h1-10H,11-15,27H2,(H,28,30). The lowest BCUT2D eigenvalue weighted by atomic mass is 9.99. The van der Waals surface area contributed by atoms with Crippen LogP contribution in [0.25, 0.3) is 0 Å². The number of halogens is 2. The van der Waals surface area contributed by atoms with Gasteiger partial charge in [0, 0.05) is 31.0 Å². The highest BCUT2D eigenvalue weighted by atomic mass is 35.5. The maximum atomic E-state index is 12.4. The van der Waals surface area contributed by atoms with Gasteiger partial charge in [0.15, 0.2) is 0 Å². The Labute approximate surface area is 186 Å². The first-order valence-electron chi connectivity index (χ1n) is 9.94. The topological polar surface area (TPSA) is 58.4 Å². The quantitative estimate of drug-likeness (QED) is 0.521. The first-order valence-corrected chi connectivity index (χ1v) is 10.7. The molecule has 3 N–H and O–H groups in total. The second-order valence-corrected chi connectivity index (χ2v) is 8.30. The molecule has 0 radical (unpaired) electrons. The van der Waals surface area contributed by atoms with Crippen molar-refractivity contribution in [2.45, 2.75) is 19.4 Å². The Morgan fingerprint density at radius 2 is 1.80 bits per heavy atom. The number of carbonyl (C=O) groups is 1. The number of benzene rings is 3. The summed E-state index contributed by atoms with van der Waals surface area (Å²) in [5, 5.41) is 4.19. The molecule has 0 atom stereocenters. The molecule has 0 spiro atoms. The van der Waals surface area contributed by atoms with Crippen LogP contribution >= 0.6 is 23.2 Å². The van der Waals surface area contributed by atoms with Crippen LogP contribution in [0.2, 0.25) is 10.0 Å². The van der Waals surface area contributed by atoms with Crippen molar-refractivity contribution in [1.82, 2.24) is 4.90 Å². The summed E-state index contributed by atoms with van der Waals surface area (Å²) in [6.45, 7) is 2.77. The Morgan fingerprint density at radius 1 is 1.03 bits per heavy atom. The van der Waals surface area contributed by atoms with E-state index in [4.69, 9.17) is 28.9 Å². The molecule has 30 heavy (non-hydrogen) atoms. The molecule has 0 aliphatic carbocycles. The molecule has 4 rings (SSSR count). The molecule has 1 amide bonds. The third-order valence-corrected chi connectivity index (χ3v) is 6.35. The monoisotopic (exact) mass is 439 g/mol. The van der Waals surface area contributed by atoms with Crippen LogP contribution in [0, 0.1) is 0 Å². The molecule has 1 heterocycles. The molecule has 0 saturated heterocycles. The van der Waals surface area contributed by atoms with E-state index in [9.17, 15) is 4.79 Å². The first kappa shape index (κ1) is 20.7. The largest absolute Gasteiger partial charge is 0.398 e. The van der Waals surface area contributed by atoms with E-state index >= 15 is 0 Å². The van der Waals surface area contributed by atoms with Crippen LogP contribution in [0.1, 0.15) is 27.0 Å². The molecule has 0 unspecified atom stereocenters. The van der Waals surface area contributed by atoms with Gasteiger partial charge in [0.1, 0.15) is 0 Å². The summed E-state index contributed by atoms with van der Waals surface area (Å²) in [4.78, 5) is 14.8. The summed E-state index contributed by atoms with van der Waals surface area (Å²) in [6.07, 6.45) is 1.91. The second-order valence-electron chi connectivity index (χ2n) is 7.51. The normalized spacial score (nSPS) is 13.7. The fourth-order valence-electron chi connectivity index (χ4n) is 3.75. The van der Waals surface area contributed by atoms with Crippen LogP contribution < -0.4 is 11.1 Å². The highest BCUT2D eigenvalue weighted by Gasteiger charge is 2.19. The van der Waals surface area contributed by atoms with E-state index in [2.05, 4.69) is 16.3 Å². The fraction of sp³-hybridized carbons (Fsp3) is 0.208. The summed E-state index contributed by atoms with van der Waals surface area (Å²) < 4.78 is 0. The Bertz CT molecular complexity index is 1070. The number of anilines is 2. The van der Waals surface area contributed by atoms with Crippen molar-refractivity contribution in [3.05, 3.63) is 93.0 Å². The molecule has 4 nitrogen and oxygen atoms in total. The van der Waals surface area contributed by atoms with Crippen LogP contribution in [-0.2, 0) is 19.4 Å². The minimum Gasteiger partial charge on any atom is -0.398 e. The Morgan fingerprint density at radius 3 is 2.57 bits per heavy atom. The third kappa shape index (κ3) is 4.62. The SMILES string of the molecule is Nc1ccccc1C(=O)Nc1ccc(CCN2CCc3ccc(Cl)c(Cl)c3C2)cc1. The summed E-state index contributed by atoms with van der Waals surface area (Å²) in [7, 11) is 0. The Kier molecular flexibility index (Phi) is 6.28. The minimum atomic E-state index is -0.205. The van der Waals surface area contributed by atoms with Crippen molar-refractivity contribution >= 4 is 40.5 Å². The summed E-state index contributed by atoms with van der Waals surface area (Å²) in [5.41, 5.74) is 11.2. The van der Waals surface area contributed by atoms with E-state index < -0.39 is 0 Å². The predicted molar refractivity (Wildman–Crippen MR) is 124 cm³/mol. The van der Waals surface area contributed by atoms with E-state index in [-0.39, 0.29) is 5.91 Å². The average molecular weight is 440 g/mol. The van der Waals surface area contributed by atoms with Crippen molar-refractivity contribution in [2.24, 2.45) is 0 Å². The molecule has 0 fully saturated rings. The van der Waals surface area contributed by atoms with Gasteiger partial charge < -0.3 is 11.1 Å². The minimum absolute atomic E-state index is 0.205. The number of para-hydroxylation sites is 1. The fourth-order valence-corrected chi connectivity index (χ4v) is 4.18. The number of nitrogens with one attached hydrogen (secondary N) is 1. The molecule has 0 bridgehead atoms. The van der Waals surface area contributed by atoms with Gasteiger partial charge in [0.05, 0.1) is 15.6 Å². The number of nitrogens with two attached hydrogens (primary N) is 1. The number of rotatable bonds is 5. The van der Waals surface area contributed by atoms with E-state index in [0.29, 0.717) is 21.3 Å². The molecule has 1 aliphatic rings. The van der Waals surface area contributed by atoms with Gasteiger partial charge in [0.25, 0.3) is 5.91 Å². The van der Waals surface area contributed by atoms with Crippen molar-refractivity contribution in [3.63, 3.8) is 0 Å². The van der Waals surface area contributed by atoms with E-state index in [0.717, 1.165) is 43.7 Å². The number of hydrogen-bond donors (Lipinski definition) is 2. The molecule has 0 aromatic heterocycles. The van der Waals surface area contributed by atoms with Crippen LogP contribution in [0.3, 0.4) is 0 Å². The molecule has 154 valence electrons. The first-order chi connectivity index (χ1) is 14.5.